The first-order valence-corrected chi connectivity index (χ1v) is 15.6. The number of rotatable bonds is 14. The van der Waals surface area contributed by atoms with Crippen LogP contribution in [0.3, 0.4) is 0 Å². The maximum atomic E-state index is 13.8. The van der Waals surface area contributed by atoms with Gasteiger partial charge >= 0.3 is 0 Å². The molecule has 1 aliphatic carbocycles. The maximum Gasteiger partial charge on any atom is 0.243 e. The van der Waals surface area contributed by atoms with Gasteiger partial charge in [0.2, 0.25) is 21.8 Å². The third-order valence-corrected chi connectivity index (χ3v) is 8.64. The fraction of sp³-hybridized carbons (Fsp3) is 0.355. The van der Waals surface area contributed by atoms with Gasteiger partial charge in [-0.05, 0) is 66.6 Å². The lowest BCUT2D eigenvalue weighted by molar-refractivity contribution is -0.141. The van der Waals surface area contributed by atoms with E-state index in [0.717, 1.165) is 36.0 Å². The van der Waals surface area contributed by atoms with Crippen LogP contribution in [0, 0.1) is 0 Å². The van der Waals surface area contributed by atoms with Crippen molar-refractivity contribution >= 4 is 33.4 Å². The molecule has 3 aromatic carbocycles. The van der Waals surface area contributed by atoms with Crippen molar-refractivity contribution in [2.75, 3.05) is 6.54 Å². The average molecular weight is 582 g/mol. The van der Waals surface area contributed by atoms with Crippen LogP contribution in [0.2, 0.25) is 5.02 Å². The lowest BCUT2D eigenvalue weighted by Crippen LogP contribution is -2.50. The second kappa shape index (κ2) is 13.9. The number of nitrogens with one attached hydrogen (secondary N) is 2. The molecule has 7 nitrogen and oxygen atoms in total. The summed E-state index contributed by atoms with van der Waals surface area (Å²) in [6.45, 7) is 2.77. The summed E-state index contributed by atoms with van der Waals surface area (Å²) in [5.41, 5.74) is 2.68. The molecule has 0 bridgehead atoms. The molecule has 0 unspecified atom stereocenters. The van der Waals surface area contributed by atoms with Crippen molar-refractivity contribution in [1.82, 2.24) is 14.9 Å². The van der Waals surface area contributed by atoms with E-state index in [1.165, 1.54) is 0 Å². The first kappa shape index (κ1) is 29.8. The molecule has 3 aromatic rings. The molecule has 4 rings (SSSR count). The minimum atomic E-state index is -3.53. The standard InChI is InChI=1S/C31H36ClN3O4S/c1-2-20-33-31(37)29(21-24-6-4-3-5-7-24)35(22-25-8-13-26(32)14-9-25)30(36)19-12-23-10-17-28(18-11-23)40(38,39)34-27-15-16-27/h3-11,13-14,17-18,27,29,34H,2,12,15-16,19-22H2,1H3,(H,33,37)/t29-/m0/s1. The smallest absolute Gasteiger partial charge is 0.243 e. The predicted molar refractivity (Wildman–Crippen MR) is 157 cm³/mol. The molecule has 212 valence electrons. The quantitative estimate of drug-likeness (QED) is 0.284. The Kier molecular flexibility index (Phi) is 10.4. The molecule has 0 spiro atoms. The van der Waals surface area contributed by atoms with Gasteiger partial charge in [0.25, 0.3) is 0 Å². The first-order valence-electron chi connectivity index (χ1n) is 13.7. The highest BCUT2D eigenvalue weighted by atomic mass is 35.5. The third-order valence-electron chi connectivity index (χ3n) is 6.85. The molecule has 1 saturated carbocycles. The van der Waals surface area contributed by atoms with Gasteiger partial charge in [0.1, 0.15) is 6.04 Å². The van der Waals surface area contributed by atoms with Gasteiger partial charge < -0.3 is 10.2 Å². The van der Waals surface area contributed by atoms with Crippen LogP contribution in [0.25, 0.3) is 0 Å². The second-order valence-electron chi connectivity index (χ2n) is 10.2. The Hall–Kier alpha value is -3.20. The summed E-state index contributed by atoms with van der Waals surface area (Å²) in [7, 11) is -3.53. The number of benzene rings is 3. The lowest BCUT2D eigenvalue weighted by Gasteiger charge is -2.31. The highest BCUT2D eigenvalue weighted by Gasteiger charge is 2.30. The van der Waals surface area contributed by atoms with Crippen molar-refractivity contribution in [3.8, 4) is 0 Å². The van der Waals surface area contributed by atoms with Crippen molar-refractivity contribution in [3.05, 3.63) is 101 Å². The van der Waals surface area contributed by atoms with Crippen LogP contribution in [0.1, 0.15) is 49.3 Å². The van der Waals surface area contributed by atoms with Crippen LogP contribution in [-0.2, 0) is 39.0 Å². The van der Waals surface area contributed by atoms with Crippen LogP contribution < -0.4 is 10.0 Å². The van der Waals surface area contributed by atoms with Crippen LogP contribution in [0.4, 0.5) is 0 Å². The Morgan fingerprint density at radius 3 is 2.20 bits per heavy atom. The van der Waals surface area contributed by atoms with E-state index >= 15 is 0 Å². The van der Waals surface area contributed by atoms with Gasteiger partial charge in [0.05, 0.1) is 4.90 Å². The van der Waals surface area contributed by atoms with Gasteiger partial charge in [-0.3, -0.25) is 9.59 Å². The van der Waals surface area contributed by atoms with Crippen molar-refractivity contribution in [2.24, 2.45) is 0 Å². The molecule has 2 amide bonds. The zero-order valence-corrected chi connectivity index (χ0v) is 24.3. The number of halogens is 1. The summed E-state index contributed by atoms with van der Waals surface area (Å²) >= 11 is 6.09. The molecule has 9 heteroatoms. The van der Waals surface area contributed by atoms with Crippen LogP contribution in [0.5, 0.6) is 0 Å². The Balaban J connectivity index is 1.53. The minimum absolute atomic E-state index is 0.0345. The number of carbonyl (C=O) groups excluding carboxylic acids is 2. The number of aryl methyl sites for hydroxylation is 1. The molecule has 1 aliphatic rings. The number of nitrogens with zero attached hydrogens (tertiary/aromatic N) is 1. The van der Waals surface area contributed by atoms with Gasteiger partial charge in [-0.25, -0.2) is 13.1 Å². The molecule has 0 aromatic heterocycles. The predicted octanol–water partition coefficient (Wildman–Crippen LogP) is 4.88. The topological polar surface area (TPSA) is 95.6 Å². The van der Waals surface area contributed by atoms with E-state index in [1.54, 1.807) is 41.3 Å². The van der Waals surface area contributed by atoms with Crippen LogP contribution in [0.15, 0.2) is 83.8 Å². The molecule has 0 radical (unpaired) electrons. The third kappa shape index (κ3) is 8.65. The van der Waals surface area contributed by atoms with Gasteiger partial charge in [-0.15, -0.1) is 0 Å². The summed E-state index contributed by atoms with van der Waals surface area (Å²) in [5.74, 6) is -0.347. The number of hydrogen-bond donors (Lipinski definition) is 2. The van der Waals surface area contributed by atoms with E-state index < -0.39 is 16.1 Å². The summed E-state index contributed by atoms with van der Waals surface area (Å²) in [6.07, 6.45) is 3.50. The fourth-order valence-corrected chi connectivity index (χ4v) is 5.86. The molecular formula is C31H36ClN3O4S. The average Bonchev–Trinajstić information content (AvgIpc) is 3.77. The molecule has 2 N–H and O–H groups in total. The molecular weight excluding hydrogens is 546 g/mol. The van der Waals surface area contributed by atoms with Crippen LogP contribution in [-0.4, -0.2) is 43.8 Å². The highest BCUT2D eigenvalue weighted by Crippen LogP contribution is 2.23. The molecule has 0 heterocycles. The van der Waals surface area contributed by atoms with E-state index in [-0.39, 0.29) is 35.7 Å². The van der Waals surface area contributed by atoms with Gasteiger partial charge in [-0.1, -0.05) is 73.1 Å². The van der Waals surface area contributed by atoms with Gasteiger partial charge in [0, 0.05) is 37.0 Å². The Morgan fingerprint density at radius 1 is 0.925 bits per heavy atom. The number of sulfonamides is 1. The SMILES string of the molecule is CCCNC(=O)[C@H](Cc1ccccc1)N(Cc1ccc(Cl)cc1)C(=O)CCc1ccc(S(=O)(=O)NC2CC2)cc1. The van der Waals surface area contributed by atoms with Gasteiger partial charge in [0.15, 0.2) is 0 Å². The Labute approximate surface area is 242 Å². The molecule has 0 saturated heterocycles. The Bertz CT molecular complexity index is 1380. The molecule has 1 fully saturated rings. The van der Waals surface area contributed by atoms with Crippen molar-refractivity contribution in [2.45, 2.75) is 69.0 Å². The van der Waals surface area contributed by atoms with Crippen molar-refractivity contribution < 1.29 is 18.0 Å². The lowest BCUT2D eigenvalue weighted by atomic mass is 10.0. The number of hydrogen-bond acceptors (Lipinski definition) is 4. The summed E-state index contributed by atoms with van der Waals surface area (Å²) in [5, 5.41) is 3.58. The van der Waals surface area contributed by atoms with E-state index in [4.69, 9.17) is 11.6 Å². The van der Waals surface area contributed by atoms with E-state index in [1.807, 2.05) is 49.4 Å². The number of amides is 2. The van der Waals surface area contributed by atoms with E-state index in [0.29, 0.717) is 24.4 Å². The van der Waals surface area contributed by atoms with Crippen LogP contribution >= 0.6 is 11.6 Å². The zero-order chi connectivity index (χ0) is 28.5. The summed E-state index contributed by atoms with van der Waals surface area (Å²) < 4.78 is 27.7. The minimum Gasteiger partial charge on any atom is -0.354 e. The number of carbonyl (C=O) groups is 2. The second-order valence-corrected chi connectivity index (χ2v) is 12.3. The van der Waals surface area contributed by atoms with Crippen molar-refractivity contribution in [3.63, 3.8) is 0 Å². The summed E-state index contributed by atoms with van der Waals surface area (Å²) in [6, 6.07) is 22.9. The summed E-state index contributed by atoms with van der Waals surface area (Å²) in [4.78, 5) is 29.0. The molecule has 0 aliphatic heterocycles. The molecule has 1 atom stereocenters. The zero-order valence-electron chi connectivity index (χ0n) is 22.7. The van der Waals surface area contributed by atoms with Gasteiger partial charge in [-0.2, -0.15) is 0 Å². The van der Waals surface area contributed by atoms with E-state index in [9.17, 15) is 18.0 Å². The normalized spacial score (nSPS) is 13.9. The monoisotopic (exact) mass is 581 g/mol. The maximum absolute atomic E-state index is 13.8. The first-order chi connectivity index (χ1) is 19.2. The fourth-order valence-electron chi connectivity index (χ4n) is 4.43. The van der Waals surface area contributed by atoms with Crippen molar-refractivity contribution in [1.29, 1.82) is 0 Å². The molecule has 40 heavy (non-hydrogen) atoms. The van der Waals surface area contributed by atoms with E-state index in [2.05, 4.69) is 10.0 Å². The Morgan fingerprint density at radius 2 is 1.57 bits per heavy atom. The highest BCUT2D eigenvalue weighted by molar-refractivity contribution is 7.89. The largest absolute Gasteiger partial charge is 0.354 e.